The van der Waals surface area contributed by atoms with E-state index in [1.54, 1.807) is 7.11 Å². The van der Waals surface area contributed by atoms with Gasteiger partial charge in [-0.25, -0.2) is 4.79 Å². The van der Waals surface area contributed by atoms with Gasteiger partial charge in [-0.15, -0.1) is 11.8 Å². The minimum Gasteiger partial charge on any atom is -0.496 e. The number of carbonyl (C=O) groups is 12. The summed E-state index contributed by atoms with van der Waals surface area (Å²) in [5.41, 5.74) is -0.330. The zero-order valence-corrected chi connectivity index (χ0v) is 90.7. The fourth-order valence-corrected chi connectivity index (χ4v) is 22.0. The van der Waals surface area contributed by atoms with E-state index >= 15 is 9.59 Å². The minimum atomic E-state index is -2.41. The molecule has 44 nitrogen and oxygen atoms in total. The van der Waals surface area contributed by atoms with Crippen molar-refractivity contribution in [1.29, 1.82) is 0 Å². The van der Waals surface area contributed by atoms with E-state index in [0.717, 1.165) is 27.8 Å². The third kappa shape index (κ3) is 34.0. The maximum atomic E-state index is 15.6. The summed E-state index contributed by atoms with van der Waals surface area (Å²) in [4.78, 5) is 158. The monoisotopic (exact) mass is 2150 g/mol. The number of likely N-dealkylation sites (N-methyl/N-ethyl adjacent to an activating group) is 1. The molecule has 1 saturated carbocycles. The van der Waals surface area contributed by atoms with Crippen LogP contribution in [-0.2, 0) is 141 Å². The summed E-state index contributed by atoms with van der Waals surface area (Å²) in [7, 11) is 12.1. The predicted molar refractivity (Wildman–Crippen MR) is 547 cm³/mol. The third-order valence-electron chi connectivity index (χ3n) is 29.0. The van der Waals surface area contributed by atoms with Gasteiger partial charge < -0.3 is 143 Å². The molecule has 3 saturated heterocycles. The van der Waals surface area contributed by atoms with Crippen molar-refractivity contribution in [2.75, 3.05) is 192 Å². The smallest absolute Gasteiger partial charge is 0.328 e. The van der Waals surface area contributed by atoms with Crippen LogP contribution in [0.3, 0.4) is 0 Å². The Labute approximate surface area is 883 Å². The van der Waals surface area contributed by atoms with Crippen LogP contribution in [0.2, 0.25) is 0 Å². The van der Waals surface area contributed by atoms with Gasteiger partial charge in [0.15, 0.2) is 30.8 Å². The molecule has 10 rings (SSSR count). The largest absolute Gasteiger partial charge is 0.496 e. The number of carboxylic acid groups (broad SMARTS) is 1. The van der Waals surface area contributed by atoms with E-state index in [2.05, 4.69) is 49.3 Å². The maximum Gasteiger partial charge on any atom is 0.328 e. The van der Waals surface area contributed by atoms with Crippen LogP contribution in [0.4, 0.5) is 5.69 Å². The Morgan fingerprint density at radius 3 is 1.70 bits per heavy atom. The Morgan fingerprint density at radius 2 is 1.17 bits per heavy atom. The fourth-order valence-electron chi connectivity index (χ4n) is 21.0. The number of imide groups is 1. The lowest BCUT2D eigenvalue weighted by atomic mass is 9.47. The topological polar surface area (TPSA) is 586 Å². The van der Waals surface area contributed by atoms with Gasteiger partial charge in [-0.3, -0.25) is 67.4 Å². The molecule has 15 unspecified atom stereocenters. The number of fused-ring (bicyclic) bond motifs is 5. The number of esters is 5. The number of nitrogens with one attached hydrogen (secondary N) is 4. The molecule has 150 heavy (non-hydrogen) atoms. The molecule has 848 valence electrons. The predicted octanol–water partition coefficient (Wildman–Crippen LogP) is 3.48. The molecule has 20 atom stereocenters. The van der Waals surface area contributed by atoms with Crippen molar-refractivity contribution in [3.05, 3.63) is 76.4 Å². The van der Waals surface area contributed by atoms with Crippen LogP contribution in [-0.4, -0.2) is 410 Å². The molecule has 0 aromatic heterocycles. The second kappa shape index (κ2) is 63.7. The Hall–Kier alpha value is -9.05. The van der Waals surface area contributed by atoms with Gasteiger partial charge in [-0.05, 0) is 150 Å². The summed E-state index contributed by atoms with van der Waals surface area (Å²) < 4.78 is 80.0. The van der Waals surface area contributed by atoms with Crippen LogP contribution in [0.15, 0.2) is 54.1 Å². The SMILES string of the molecule is CCC(CO)OC(CO)OC.CCC(CO)OC(COC(=O)CCCC(=O)NCCSC1CC(=O)N(CCOCCC(=O)NC)C1=O)OC.CCC(CO)OC(COC(=O)CCCC(=O)N[C@H](C)C(=O)OCCCNC(=O)[C@]1(O)C2N(C)c3cc(OC)c([C@@]4(C(=O)OC)CC5CN(CCC6=C4Cc4ccccc46)CC(O)(CC)C5)cc3C23CCN2CC=C[C@](CC)(C23)[C@H]1O)OC.CCC(CO)OC(COC(=O)CCCC(=O)O)OC. The van der Waals surface area contributed by atoms with Gasteiger partial charge in [0.25, 0.3) is 5.91 Å². The Balaban J connectivity index is 0.000000365. The van der Waals surface area contributed by atoms with Gasteiger partial charge in [0.1, 0.15) is 43.1 Å². The molecule has 2 aliphatic carbocycles. The number of methoxy groups -OCH3 is 6. The number of carbonyl (C=O) groups excluding carboxylic acids is 11. The van der Waals surface area contributed by atoms with E-state index in [1.165, 1.54) is 66.2 Å². The first-order chi connectivity index (χ1) is 71.8. The van der Waals surface area contributed by atoms with Crippen LogP contribution >= 0.6 is 11.8 Å². The van der Waals surface area contributed by atoms with Gasteiger partial charge in [-0.2, -0.15) is 0 Å². The highest BCUT2D eigenvalue weighted by atomic mass is 32.2. The molecule has 6 amide bonds. The molecule has 0 radical (unpaired) electrons. The highest BCUT2D eigenvalue weighted by Gasteiger charge is 2.79. The second-order valence-electron chi connectivity index (χ2n) is 38.5. The van der Waals surface area contributed by atoms with Gasteiger partial charge in [0.2, 0.25) is 29.5 Å². The molecule has 2 aromatic carbocycles. The number of piperidine rings is 1. The zero-order chi connectivity index (χ0) is 111. The molecule has 6 heterocycles. The van der Waals surface area contributed by atoms with E-state index in [9.17, 15) is 73.5 Å². The number of aliphatic hydroxyl groups excluding tert-OH is 6. The van der Waals surface area contributed by atoms with Crippen molar-refractivity contribution in [3.8, 4) is 5.75 Å². The number of aliphatic carboxylic acids is 1. The van der Waals surface area contributed by atoms with Crippen molar-refractivity contribution in [2.24, 2.45) is 11.3 Å². The Morgan fingerprint density at radius 1 is 0.607 bits per heavy atom. The number of nitrogens with zero attached hydrogens (tertiary/aromatic N) is 4. The fraction of sp³-hybridized carbons (Fsp3) is 0.733. The van der Waals surface area contributed by atoms with Crippen LogP contribution in [0.5, 0.6) is 5.75 Å². The van der Waals surface area contributed by atoms with Crippen molar-refractivity contribution < 1.29 is 175 Å². The maximum absolute atomic E-state index is 15.6. The summed E-state index contributed by atoms with van der Waals surface area (Å²) in [6.07, 6.45) is 5.16. The number of benzene rings is 2. The lowest BCUT2D eigenvalue weighted by Gasteiger charge is -2.63. The summed E-state index contributed by atoms with van der Waals surface area (Å²) in [5, 5.41) is 102. The van der Waals surface area contributed by atoms with Crippen molar-refractivity contribution in [3.63, 3.8) is 0 Å². The number of carboxylic acids is 1. The first kappa shape index (κ1) is 128. The average molecular weight is 2150 g/mol. The lowest BCUT2D eigenvalue weighted by Crippen LogP contribution is -2.81. The molecule has 13 N–H and O–H groups in total. The van der Waals surface area contributed by atoms with Crippen LogP contribution in [0.1, 0.15) is 212 Å². The number of hydrogen-bond acceptors (Lipinski definition) is 39. The van der Waals surface area contributed by atoms with E-state index in [0.29, 0.717) is 139 Å². The van der Waals surface area contributed by atoms with Crippen LogP contribution < -0.4 is 30.9 Å². The average Bonchev–Trinajstić information content (AvgIpc) is 1.47. The number of amides is 6. The summed E-state index contributed by atoms with van der Waals surface area (Å²) in [6.45, 7) is 15.7. The molecule has 45 heteroatoms. The zero-order valence-electron chi connectivity index (χ0n) is 89.9. The van der Waals surface area contributed by atoms with Crippen LogP contribution in [0.25, 0.3) is 5.57 Å². The Kier molecular flexibility index (Phi) is 54.3. The quantitative estimate of drug-likeness (QED) is 0.0113. The second-order valence-corrected chi connectivity index (χ2v) is 39.8. The lowest BCUT2D eigenvalue weighted by molar-refractivity contribution is -0.203. The summed E-state index contributed by atoms with van der Waals surface area (Å²) in [6, 6.07) is 10.0. The normalized spacial score (nSPS) is 24.5. The number of thioether (sulfide) groups is 1. The van der Waals surface area contributed by atoms with E-state index in [1.807, 2.05) is 83.8 Å². The molecule has 4 fully saturated rings. The molecule has 1 spiro atoms. The third-order valence-corrected chi connectivity index (χ3v) is 30.2. The number of anilines is 1. The minimum absolute atomic E-state index is 0.0258. The highest BCUT2D eigenvalue weighted by Crippen LogP contribution is 2.68. The van der Waals surface area contributed by atoms with E-state index < -0.39 is 136 Å². The number of likely N-dealkylation sites (tertiary alicyclic amines) is 1. The van der Waals surface area contributed by atoms with Crippen molar-refractivity contribution in [2.45, 2.75) is 297 Å². The number of hydrogen-bond donors (Lipinski definition) is 13. The molecule has 2 aromatic rings. The van der Waals surface area contributed by atoms with Gasteiger partial charge in [-0.1, -0.05) is 78.0 Å². The standard InChI is InChI=1S/C62H87N5O15.C24H41N3O10S.C12H22O7.C7H16O4/c1-9-41(35-68)82-51(78-7)36-81-50(70)20-14-19-49(69)64-38(4)52(71)80-28-16-24-63-56(73)62(76)54-60(23-27-67-25-15-22-59(11-3,53(60)67)55(62)72)45-30-46(48(77-6)31-47(45)65(54)5)61(57(74)79-8)33-39-32-58(75,10-2)37-66(34-39)26-21-43-42-18-13-12-17-40(42)29-44(43)61;1-4-17(15-28)37-23(34-3)16-36-22(32)7-5-6-20(30)26-9-13-38-18-14-21(31)27(24(18)33)10-12-35-11-8-19(29)25-2;1-3-9(7-13)19-12(17-2)8-18-11(16)6-4-5-10(14)15;1-3-6(4-8)11-7(5-9)10-2/h12-13,15,17-18,22,30-31,38-39,41,51,53-55,68,72,75-76H,9-11,14,16,19-21,23-29,32-37H2,1-8H3,(H,63,73)(H,64,69);17-18,23,28H,4-16H2,1-3H3,(H,25,29)(H,26,30);9,12-13H,3-8H2,1-2H3,(H,14,15);6-9H,3-5H2,1-2H3/t38-,39?,41?,51?,53?,54?,55-,58?,59-,60?,61-,62+;;;/m1.../s1. The van der Waals surface area contributed by atoms with Crippen molar-refractivity contribution >= 4 is 94.3 Å². The van der Waals surface area contributed by atoms with Gasteiger partial charge in [0.05, 0.1) is 115 Å². The summed E-state index contributed by atoms with van der Waals surface area (Å²) in [5.74, 6) is -4.97. The first-order valence-corrected chi connectivity index (χ1v) is 53.2. The van der Waals surface area contributed by atoms with E-state index in [-0.39, 0.29) is 204 Å². The van der Waals surface area contributed by atoms with Crippen LogP contribution in [0, 0.1) is 11.3 Å². The summed E-state index contributed by atoms with van der Waals surface area (Å²) >= 11 is 1.31. The number of aliphatic hydroxyl groups is 8. The highest BCUT2D eigenvalue weighted by molar-refractivity contribution is 8.00. The number of rotatable bonds is 61. The first-order valence-electron chi connectivity index (χ1n) is 52.2. The molecule has 2 bridgehead atoms. The number of ether oxygens (including phenoxy) is 15. The van der Waals surface area contributed by atoms with Gasteiger partial charge >= 0.3 is 35.8 Å². The molecular formula is C105H166N8O36S. The van der Waals surface area contributed by atoms with Crippen molar-refractivity contribution in [1.82, 2.24) is 36.0 Å². The Bertz CT molecular complexity index is 4680. The van der Waals surface area contributed by atoms with Gasteiger partial charge in [0, 0.05) is 173 Å². The van der Waals surface area contributed by atoms with E-state index in [4.69, 9.17) is 91.5 Å². The molecule has 8 aliphatic rings. The molecule has 6 aliphatic heterocycles. The molecular weight excluding hydrogens is 1980 g/mol.